The molecule has 0 saturated carbocycles. The molecule has 0 radical (unpaired) electrons. The zero-order chi connectivity index (χ0) is 38.5. The Hall–Kier alpha value is -4.40. The Balaban J connectivity index is 1.50. The summed E-state index contributed by atoms with van der Waals surface area (Å²) in [5.74, 6) is -0.870. The van der Waals surface area contributed by atoms with E-state index in [9.17, 15) is 30.7 Å². The van der Waals surface area contributed by atoms with E-state index >= 15 is 0 Å². The van der Waals surface area contributed by atoms with E-state index < -0.39 is 41.4 Å². The summed E-state index contributed by atoms with van der Waals surface area (Å²) >= 11 is 0. The van der Waals surface area contributed by atoms with Crippen molar-refractivity contribution < 1.29 is 45.2 Å². The average Bonchev–Trinajstić information content (AvgIpc) is 3.44. The number of allylic oxidation sites excluding steroid dienone is 4. The number of benzene rings is 4. The summed E-state index contributed by atoms with van der Waals surface area (Å²) in [5, 5.41) is 11.7. The molecule has 2 aliphatic rings. The summed E-state index contributed by atoms with van der Waals surface area (Å²) < 4.78 is 81.4. The van der Waals surface area contributed by atoms with Crippen molar-refractivity contribution in [2.75, 3.05) is 31.7 Å². The summed E-state index contributed by atoms with van der Waals surface area (Å²) in [7, 11) is -8.61. The fourth-order valence-electron chi connectivity index (χ4n) is 8.14. The lowest BCUT2D eigenvalue weighted by Crippen LogP contribution is -2.29. The van der Waals surface area contributed by atoms with Crippen LogP contribution in [0.2, 0.25) is 0 Å². The number of nitrogens with zero attached hydrogens (tertiary/aromatic N) is 2. The summed E-state index contributed by atoms with van der Waals surface area (Å²) in [6.07, 6.45) is 7.86. The molecule has 2 aliphatic heterocycles. The molecule has 0 unspecified atom stereocenters. The van der Waals surface area contributed by atoms with Crippen molar-refractivity contribution in [3.63, 3.8) is 0 Å². The molecule has 1 N–H and O–H groups in total. The van der Waals surface area contributed by atoms with Gasteiger partial charge in [0.2, 0.25) is 5.69 Å². The molecule has 0 aromatic heterocycles. The molecule has 0 aliphatic carbocycles. The summed E-state index contributed by atoms with van der Waals surface area (Å²) in [6.45, 7) is 9.87. The predicted octanol–water partition coefficient (Wildman–Crippen LogP) is 6.71. The van der Waals surface area contributed by atoms with E-state index in [2.05, 4.69) is 53.7 Å². The van der Waals surface area contributed by atoms with E-state index in [1.165, 1.54) is 17.0 Å². The van der Waals surface area contributed by atoms with Gasteiger partial charge in [0, 0.05) is 66.4 Å². The van der Waals surface area contributed by atoms with Crippen LogP contribution in [0, 0.1) is 0 Å². The fourth-order valence-corrected chi connectivity index (χ4v) is 9.46. The lowest BCUT2D eigenvalue weighted by Gasteiger charge is -2.27. The van der Waals surface area contributed by atoms with E-state index in [1.807, 2.05) is 38.1 Å². The molecule has 0 bridgehead atoms. The van der Waals surface area contributed by atoms with Gasteiger partial charge in [0.25, 0.3) is 0 Å². The number of hydrogen-bond acceptors (Lipinski definition) is 9. The molecule has 4 aromatic carbocycles. The molecular weight excluding hydrogens is 717 g/mol. The molecule has 0 saturated heterocycles. The topological polar surface area (TPSA) is 167 Å². The number of unbranched alkanes of at least 4 members (excludes halogenated alkanes) is 2. The lowest BCUT2D eigenvalue weighted by atomic mass is 9.79. The van der Waals surface area contributed by atoms with Crippen LogP contribution in [-0.2, 0) is 40.6 Å². The Bertz CT molecular complexity index is 2460. The Morgan fingerprint density at radius 3 is 2.28 bits per heavy atom. The number of aliphatic carboxylic acids is 1. The average molecular weight is 760 g/mol. The highest BCUT2D eigenvalue weighted by atomic mass is 32.2. The predicted molar refractivity (Wildman–Crippen MR) is 202 cm³/mol. The van der Waals surface area contributed by atoms with Crippen molar-refractivity contribution in [2.45, 2.75) is 74.0 Å². The second-order valence-electron chi connectivity index (χ2n) is 14.6. The highest BCUT2D eigenvalue weighted by Crippen LogP contribution is 2.51. The highest BCUT2D eigenvalue weighted by Gasteiger charge is 2.46. The number of ether oxygens (including phenoxy) is 1. The minimum Gasteiger partial charge on any atom is -0.744 e. The minimum absolute atomic E-state index is 0.0273. The maximum Gasteiger partial charge on any atom is 0.303 e. The number of hydrogen-bond donors (Lipinski definition) is 1. The molecule has 11 nitrogen and oxygen atoms in total. The van der Waals surface area contributed by atoms with Crippen molar-refractivity contribution >= 4 is 64.8 Å². The number of methoxy groups -OCH3 is 1. The van der Waals surface area contributed by atoms with Crippen molar-refractivity contribution in [1.29, 1.82) is 0 Å². The molecule has 53 heavy (non-hydrogen) atoms. The van der Waals surface area contributed by atoms with Gasteiger partial charge in [-0.05, 0) is 78.8 Å². The number of carboxylic acids is 1. The first-order valence-corrected chi connectivity index (χ1v) is 20.3. The van der Waals surface area contributed by atoms with E-state index in [0.29, 0.717) is 56.3 Å². The molecule has 6 rings (SSSR count). The first-order valence-electron chi connectivity index (χ1n) is 17.5. The molecule has 13 heteroatoms. The van der Waals surface area contributed by atoms with Crippen LogP contribution in [-0.4, -0.2) is 74.1 Å². The number of carbonyl (C=O) groups is 1. The van der Waals surface area contributed by atoms with Crippen LogP contribution in [0.4, 0.5) is 11.4 Å². The largest absolute Gasteiger partial charge is 0.744 e. The van der Waals surface area contributed by atoms with Crippen molar-refractivity contribution in [3.05, 3.63) is 95.7 Å². The van der Waals surface area contributed by atoms with Crippen LogP contribution in [0.5, 0.6) is 0 Å². The van der Waals surface area contributed by atoms with Gasteiger partial charge < -0.3 is 23.8 Å². The molecule has 0 spiro atoms. The maximum atomic E-state index is 12.4. The van der Waals surface area contributed by atoms with Crippen LogP contribution < -0.4 is 4.90 Å². The lowest BCUT2D eigenvalue weighted by molar-refractivity contribution is -0.438. The Kier molecular flexibility index (Phi) is 10.2. The minimum atomic E-state index is -5.16. The van der Waals surface area contributed by atoms with Crippen LogP contribution in [0.15, 0.2) is 94.4 Å². The van der Waals surface area contributed by atoms with Gasteiger partial charge in [0.1, 0.15) is 26.8 Å². The fraction of sp³-hybridized carbons (Fsp3) is 0.350. The third-order valence-electron chi connectivity index (χ3n) is 10.5. The Morgan fingerprint density at radius 2 is 1.60 bits per heavy atom. The zero-order valence-corrected chi connectivity index (χ0v) is 32.0. The number of anilines is 1. The maximum absolute atomic E-state index is 12.4. The normalized spacial score (nSPS) is 17.4. The smallest absolute Gasteiger partial charge is 0.303 e. The van der Waals surface area contributed by atoms with E-state index in [1.54, 1.807) is 13.2 Å². The summed E-state index contributed by atoms with van der Waals surface area (Å²) in [5.41, 5.74) is 4.21. The molecule has 2 heterocycles. The molecular formula is C40H43N2O9S2-. The summed E-state index contributed by atoms with van der Waals surface area (Å²) in [6, 6.07) is 17.6. The van der Waals surface area contributed by atoms with Gasteiger partial charge in [0.15, 0.2) is 5.71 Å². The molecule has 0 amide bonds. The molecule has 280 valence electrons. The van der Waals surface area contributed by atoms with Gasteiger partial charge in [-0.2, -0.15) is 4.58 Å². The molecule has 0 atom stereocenters. The van der Waals surface area contributed by atoms with Crippen molar-refractivity contribution in [3.8, 4) is 0 Å². The quantitative estimate of drug-likeness (QED) is 0.0880. The van der Waals surface area contributed by atoms with Crippen LogP contribution in [0.3, 0.4) is 0 Å². The van der Waals surface area contributed by atoms with Gasteiger partial charge in [-0.1, -0.05) is 50.3 Å². The first-order chi connectivity index (χ1) is 24.9. The second kappa shape index (κ2) is 14.1. The van der Waals surface area contributed by atoms with Crippen molar-refractivity contribution in [1.82, 2.24) is 0 Å². The van der Waals surface area contributed by atoms with Crippen LogP contribution in [0.1, 0.15) is 64.5 Å². The SMILES string of the molecule is COCCN1/C(=C/C=C/C2=[N+](CCCCCC(=O)O)c3ccc4c(S(=O)(=O)[O-])cc(S(=O)(=O)[O-])cc4c3C2(C)C)C(C)(C)c2c1ccc1ccccc21. The van der Waals surface area contributed by atoms with Crippen molar-refractivity contribution in [2.24, 2.45) is 0 Å². The molecule has 0 fully saturated rings. The highest BCUT2D eigenvalue weighted by molar-refractivity contribution is 7.86. The van der Waals surface area contributed by atoms with Gasteiger partial charge in [-0.15, -0.1) is 0 Å². The summed E-state index contributed by atoms with van der Waals surface area (Å²) in [4.78, 5) is 11.9. The second-order valence-corrected chi connectivity index (χ2v) is 17.3. The van der Waals surface area contributed by atoms with Gasteiger partial charge in [0.05, 0.1) is 21.8 Å². The van der Waals surface area contributed by atoms with Gasteiger partial charge in [-0.3, -0.25) is 4.79 Å². The van der Waals surface area contributed by atoms with Gasteiger partial charge >= 0.3 is 5.97 Å². The zero-order valence-electron chi connectivity index (χ0n) is 30.4. The number of fused-ring (bicyclic) bond motifs is 6. The number of rotatable bonds is 13. The van der Waals surface area contributed by atoms with E-state index in [-0.39, 0.29) is 22.6 Å². The third kappa shape index (κ3) is 7.04. The van der Waals surface area contributed by atoms with E-state index in [0.717, 1.165) is 28.5 Å². The monoisotopic (exact) mass is 759 g/mol. The van der Waals surface area contributed by atoms with Gasteiger partial charge in [-0.25, -0.2) is 16.8 Å². The van der Waals surface area contributed by atoms with Crippen LogP contribution in [0.25, 0.3) is 21.5 Å². The third-order valence-corrected chi connectivity index (χ3v) is 12.2. The Labute approximate surface area is 310 Å². The van der Waals surface area contributed by atoms with E-state index in [4.69, 9.17) is 9.84 Å². The van der Waals surface area contributed by atoms with Crippen LogP contribution >= 0.6 is 0 Å². The standard InChI is InChI=1S/C40H44N2O9S2/c1-39(2)35(42(22-23-51-5)31-19-17-26-12-8-9-13-28(26)37(31)39)15-11-14-34-40(3,4)38-30-24-27(52(45,46)47)25-33(53(48,49)50)29(30)18-20-32(38)41(34)21-10-6-7-16-36(43)44/h8-9,11-15,17-20,24-25H,6-7,10,16,21-23H2,1-5H3,(H2-,43,44,45,46,47,48,49,50)/p-1. The molecule has 4 aromatic rings. The Morgan fingerprint density at radius 1 is 0.868 bits per heavy atom. The number of carboxylic acid groups (broad SMARTS) is 1. The first kappa shape index (κ1) is 38.3.